The number of nitrogens with zero attached hydrogens (tertiary/aromatic N) is 1. The molecule has 1 saturated carbocycles. The third-order valence-electron chi connectivity index (χ3n) is 4.49. The number of para-hydroxylation sites is 1. The van der Waals surface area contributed by atoms with Crippen molar-refractivity contribution in [2.24, 2.45) is 5.92 Å². The van der Waals surface area contributed by atoms with Crippen molar-refractivity contribution in [1.29, 1.82) is 0 Å². The fourth-order valence-corrected chi connectivity index (χ4v) is 3.20. The van der Waals surface area contributed by atoms with Gasteiger partial charge in [0.25, 0.3) is 0 Å². The summed E-state index contributed by atoms with van der Waals surface area (Å²) >= 11 is 0. The van der Waals surface area contributed by atoms with Gasteiger partial charge in [-0.3, -0.25) is 9.69 Å². The van der Waals surface area contributed by atoms with Gasteiger partial charge in [0.2, 0.25) is 5.91 Å². The van der Waals surface area contributed by atoms with Crippen molar-refractivity contribution in [1.82, 2.24) is 4.90 Å². The van der Waals surface area contributed by atoms with Gasteiger partial charge in [-0.1, -0.05) is 31.9 Å². The van der Waals surface area contributed by atoms with Gasteiger partial charge in [0.05, 0.1) is 17.9 Å². The van der Waals surface area contributed by atoms with Crippen LogP contribution in [0.2, 0.25) is 0 Å². The Hall–Kier alpha value is -1.55. The van der Waals surface area contributed by atoms with Crippen LogP contribution in [0.3, 0.4) is 0 Å². The molecule has 1 amide bonds. The van der Waals surface area contributed by atoms with Crippen molar-refractivity contribution in [3.8, 4) is 0 Å². The van der Waals surface area contributed by atoms with Crippen LogP contribution in [0.25, 0.3) is 0 Å². The van der Waals surface area contributed by atoms with Gasteiger partial charge in [-0.15, -0.1) is 0 Å². The molecule has 3 N–H and O–H groups in total. The zero-order valence-corrected chi connectivity index (χ0v) is 13.4. The summed E-state index contributed by atoms with van der Waals surface area (Å²) in [6.45, 7) is 4.68. The molecular formula is C17H27N3O. The van der Waals surface area contributed by atoms with Crippen molar-refractivity contribution in [2.75, 3.05) is 24.6 Å². The van der Waals surface area contributed by atoms with Crippen molar-refractivity contribution in [3.05, 3.63) is 23.8 Å². The van der Waals surface area contributed by atoms with E-state index in [4.69, 9.17) is 5.73 Å². The number of anilines is 2. The van der Waals surface area contributed by atoms with Gasteiger partial charge < -0.3 is 11.1 Å². The summed E-state index contributed by atoms with van der Waals surface area (Å²) in [7, 11) is 2.05. The molecule has 0 radical (unpaired) electrons. The third-order valence-corrected chi connectivity index (χ3v) is 4.49. The van der Waals surface area contributed by atoms with Gasteiger partial charge in [-0.05, 0) is 44.4 Å². The van der Waals surface area contributed by atoms with Crippen molar-refractivity contribution >= 4 is 17.3 Å². The van der Waals surface area contributed by atoms with Crippen molar-refractivity contribution in [2.45, 2.75) is 45.6 Å². The Labute approximate surface area is 127 Å². The molecule has 116 valence electrons. The van der Waals surface area contributed by atoms with E-state index in [1.165, 1.54) is 25.7 Å². The Kier molecular flexibility index (Phi) is 5.23. The number of hydrogen-bond acceptors (Lipinski definition) is 3. The number of aryl methyl sites for hydroxylation is 1. The van der Waals surface area contributed by atoms with Gasteiger partial charge >= 0.3 is 0 Å². The van der Waals surface area contributed by atoms with Gasteiger partial charge in [-0.2, -0.15) is 0 Å². The first-order chi connectivity index (χ1) is 9.97. The van der Waals surface area contributed by atoms with E-state index in [9.17, 15) is 4.79 Å². The molecule has 1 aromatic carbocycles. The van der Waals surface area contributed by atoms with Crippen LogP contribution in [0.15, 0.2) is 18.2 Å². The number of benzene rings is 1. The summed E-state index contributed by atoms with van der Waals surface area (Å²) in [5.74, 6) is 0.776. The summed E-state index contributed by atoms with van der Waals surface area (Å²) < 4.78 is 0. The lowest BCUT2D eigenvalue weighted by Crippen LogP contribution is -2.40. The zero-order valence-electron chi connectivity index (χ0n) is 13.4. The fraction of sp³-hybridized carbons (Fsp3) is 0.588. The number of nitrogen functional groups attached to an aromatic ring is 1. The lowest BCUT2D eigenvalue weighted by atomic mass is 9.86. The number of likely N-dealkylation sites (N-methyl/N-ethyl adjacent to an activating group) is 1. The first-order valence-electron chi connectivity index (χ1n) is 7.82. The highest BCUT2D eigenvalue weighted by molar-refractivity contribution is 5.96. The largest absolute Gasteiger partial charge is 0.397 e. The molecule has 2 atom stereocenters. The second-order valence-corrected chi connectivity index (χ2v) is 6.43. The molecule has 0 spiro atoms. The van der Waals surface area contributed by atoms with Crippen molar-refractivity contribution < 1.29 is 4.79 Å². The second kappa shape index (κ2) is 6.94. The van der Waals surface area contributed by atoms with E-state index in [-0.39, 0.29) is 5.91 Å². The summed E-state index contributed by atoms with van der Waals surface area (Å²) in [6, 6.07) is 6.19. The maximum absolute atomic E-state index is 12.2. The van der Waals surface area contributed by atoms with Crippen LogP contribution >= 0.6 is 0 Å². The normalized spacial score (nSPS) is 22.3. The van der Waals surface area contributed by atoms with Crippen LogP contribution in [-0.4, -0.2) is 30.4 Å². The highest BCUT2D eigenvalue weighted by Gasteiger charge is 2.23. The molecular weight excluding hydrogens is 262 g/mol. The first-order valence-corrected chi connectivity index (χ1v) is 7.82. The molecule has 1 aromatic rings. The standard InChI is InChI=1S/C17H27N3O/c1-12-6-4-8-14(10-12)20(3)11-16(21)19-17-13(2)7-5-9-15(17)18/h5,7,9,12,14H,4,6,8,10-11,18H2,1-3H3,(H,19,21). The smallest absolute Gasteiger partial charge is 0.238 e. The van der Waals surface area contributed by atoms with Gasteiger partial charge in [0.15, 0.2) is 0 Å². The molecule has 0 aromatic heterocycles. The molecule has 1 aliphatic carbocycles. The average molecular weight is 289 g/mol. The third kappa shape index (κ3) is 4.21. The number of hydrogen-bond donors (Lipinski definition) is 2. The minimum absolute atomic E-state index is 0.0109. The lowest BCUT2D eigenvalue weighted by molar-refractivity contribution is -0.117. The van der Waals surface area contributed by atoms with Crippen LogP contribution in [0.4, 0.5) is 11.4 Å². The average Bonchev–Trinajstić information content (AvgIpc) is 2.43. The predicted octanol–water partition coefficient (Wildman–Crippen LogP) is 3.03. The SMILES string of the molecule is Cc1cccc(N)c1NC(=O)CN(C)C1CCCC(C)C1. The Morgan fingerprint density at radius 3 is 2.86 bits per heavy atom. The van der Waals surface area contributed by atoms with Crippen LogP contribution in [0.1, 0.15) is 38.2 Å². The number of nitrogens with one attached hydrogen (secondary N) is 1. The fourth-order valence-electron chi connectivity index (χ4n) is 3.20. The molecule has 1 fully saturated rings. The molecule has 4 nitrogen and oxygen atoms in total. The van der Waals surface area contributed by atoms with Crippen molar-refractivity contribution in [3.63, 3.8) is 0 Å². The number of rotatable bonds is 4. The molecule has 0 saturated heterocycles. The lowest BCUT2D eigenvalue weighted by Gasteiger charge is -2.33. The van der Waals surface area contributed by atoms with Gasteiger partial charge in [0.1, 0.15) is 0 Å². The molecule has 21 heavy (non-hydrogen) atoms. The molecule has 4 heteroatoms. The maximum atomic E-state index is 12.2. The van der Waals surface area contributed by atoms with E-state index in [2.05, 4.69) is 17.1 Å². The Morgan fingerprint density at radius 2 is 2.19 bits per heavy atom. The topological polar surface area (TPSA) is 58.4 Å². The van der Waals surface area contributed by atoms with Gasteiger partial charge in [-0.25, -0.2) is 0 Å². The molecule has 0 bridgehead atoms. The molecule has 2 unspecified atom stereocenters. The van der Waals surface area contributed by atoms with E-state index < -0.39 is 0 Å². The minimum atomic E-state index is 0.0109. The minimum Gasteiger partial charge on any atom is -0.397 e. The van der Waals surface area contributed by atoms with Gasteiger partial charge in [0, 0.05) is 6.04 Å². The van der Waals surface area contributed by atoms with E-state index in [1.54, 1.807) is 0 Å². The molecule has 2 rings (SSSR count). The summed E-state index contributed by atoms with van der Waals surface area (Å²) in [4.78, 5) is 14.4. The Morgan fingerprint density at radius 1 is 1.43 bits per heavy atom. The van der Waals surface area contributed by atoms with E-state index >= 15 is 0 Å². The van der Waals surface area contributed by atoms with E-state index in [0.717, 1.165) is 17.2 Å². The highest BCUT2D eigenvalue weighted by Crippen LogP contribution is 2.27. The summed E-state index contributed by atoms with van der Waals surface area (Å²) in [5, 5.41) is 2.95. The first kappa shape index (κ1) is 15.8. The summed E-state index contributed by atoms with van der Waals surface area (Å²) in [6.07, 6.45) is 4.97. The van der Waals surface area contributed by atoms with E-state index in [1.807, 2.05) is 32.2 Å². The van der Waals surface area contributed by atoms with Crippen LogP contribution in [0.5, 0.6) is 0 Å². The van der Waals surface area contributed by atoms with Crippen LogP contribution in [0, 0.1) is 12.8 Å². The highest BCUT2D eigenvalue weighted by atomic mass is 16.2. The number of amides is 1. The monoisotopic (exact) mass is 289 g/mol. The second-order valence-electron chi connectivity index (χ2n) is 6.43. The zero-order chi connectivity index (χ0) is 15.4. The number of carbonyl (C=O) groups excluding carboxylic acids is 1. The number of carbonyl (C=O) groups is 1. The summed E-state index contributed by atoms with van der Waals surface area (Å²) in [5.41, 5.74) is 8.30. The molecule has 1 aliphatic rings. The predicted molar refractivity (Wildman–Crippen MR) is 88.3 cm³/mol. The molecule has 0 heterocycles. The van der Waals surface area contributed by atoms with E-state index in [0.29, 0.717) is 18.3 Å². The quantitative estimate of drug-likeness (QED) is 0.838. The molecule has 0 aliphatic heterocycles. The Bertz CT molecular complexity index is 481. The van der Waals surface area contributed by atoms with Crippen LogP contribution < -0.4 is 11.1 Å². The van der Waals surface area contributed by atoms with Crippen LogP contribution in [-0.2, 0) is 4.79 Å². The maximum Gasteiger partial charge on any atom is 0.238 e. The Balaban J connectivity index is 1.92. The number of nitrogens with two attached hydrogens (primary N) is 1.